The minimum absolute atomic E-state index is 0.0274. The van der Waals surface area contributed by atoms with Crippen molar-refractivity contribution in [2.45, 2.75) is 19.9 Å². The number of hydrogen-bond donors (Lipinski definition) is 1. The Balaban J connectivity index is 1.56. The normalized spacial score (nSPS) is 18.4. The second-order valence-electron chi connectivity index (χ2n) is 7.25. The van der Waals surface area contributed by atoms with Gasteiger partial charge in [0.25, 0.3) is 11.8 Å². The molecule has 2 atom stereocenters. The first-order valence-corrected chi connectivity index (χ1v) is 9.36. The molecule has 0 aliphatic carbocycles. The molecule has 2 aromatic carbocycles. The molecule has 5 nitrogen and oxygen atoms in total. The van der Waals surface area contributed by atoms with Gasteiger partial charge in [-0.1, -0.05) is 43.3 Å². The molecule has 3 aromatic rings. The number of carbonyl (C=O) groups excluding carboxylic acids is 2. The van der Waals surface area contributed by atoms with E-state index in [0.717, 1.165) is 17.7 Å². The lowest BCUT2D eigenvalue weighted by atomic mass is 9.84. The maximum absolute atomic E-state index is 13.1. The number of benzene rings is 2. The zero-order valence-electron chi connectivity index (χ0n) is 15.9. The molecule has 4 rings (SSSR count). The molecule has 5 heteroatoms. The highest BCUT2D eigenvalue weighted by molar-refractivity contribution is 6.04. The summed E-state index contributed by atoms with van der Waals surface area (Å²) in [5.41, 5.74) is 3.20. The molecule has 1 aromatic heterocycles. The zero-order valence-corrected chi connectivity index (χ0v) is 15.9. The first-order valence-electron chi connectivity index (χ1n) is 9.36. The number of nitrogens with one attached hydrogen (secondary N) is 1. The van der Waals surface area contributed by atoms with Crippen molar-refractivity contribution in [1.29, 1.82) is 0 Å². The molecule has 2 heterocycles. The predicted octanol–water partition coefficient (Wildman–Crippen LogP) is 4.67. The number of likely N-dealkylation sites (tertiary alicyclic amines) is 1. The van der Waals surface area contributed by atoms with Crippen molar-refractivity contribution in [1.82, 2.24) is 4.90 Å². The van der Waals surface area contributed by atoms with E-state index < -0.39 is 0 Å². The van der Waals surface area contributed by atoms with Crippen molar-refractivity contribution in [2.24, 2.45) is 5.92 Å². The highest BCUT2D eigenvalue weighted by Crippen LogP contribution is 2.39. The van der Waals surface area contributed by atoms with Gasteiger partial charge >= 0.3 is 0 Å². The van der Waals surface area contributed by atoms with Gasteiger partial charge in [-0.3, -0.25) is 9.59 Å². The van der Waals surface area contributed by atoms with Crippen LogP contribution in [0.1, 0.15) is 45.0 Å². The molecule has 0 spiro atoms. The Bertz CT molecular complexity index is 996. The van der Waals surface area contributed by atoms with Crippen molar-refractivity contribution in [3.63, 3.8) is 0 Å². The predicted molar refractivity (Wildman–Crippen MR) is 107 cm³/mol. The van der Waals surface area contributed by atoms with Gasteiger partial charge in [0.15, 0.2) is 5.76 Å². The van der Waals surface area contributed by atoms with Gasteiger partial charge < -0.3 is 14.6 Å². The summed E-state index contributed by atoms with van der Waals surface area (Å²) in [5, 5.41) is 2.83. The van der Waals surface area contributed by atoms with E-state index in [2.05, 4.69) is 24.4 Å². The minimum Gasteiger partial charge on any atom is -0.459 e. The summed E-state index contributed by atoms with van der Waals surface area (Å²) in [6, 6.07) is 18.8. The van der Waals surface area contributed by atoms with Crippen molar-refractivity contribution in [2.75, 3.05) is 11.9 Å². The fourth-order valence-corrected chi connectivity index (χ4v) is 3.71. The zero-order chi connectivity index (χ0) is 19.7. The van der Waals surface area contributed by atoms with Crippen LogP contribution in [0, 0.1) is 12.8 Å². The molecule has 1 fully saturated rings. The Kier molecular flexibility index (Phi) is 4.74. The topological polar surface area (TPSA) is 62.6 Å². The lowest BCUT2D eigenvalue weighted by Gasteiger charge is -2.47. The molecule has 2 amide bonds. The second-order valence-corrected chi connectivity index (χ2v) is 7.25. The van der Waals surface area contributed by atoms with Crippen LogP contribution in [-0.2, 0) is 0 Å². The number of anilines is 1. The SMILES string of the molecule is Cc1ccc(C(=O)N2C[C@@H](C)[C@H]2c2ccccc2)cc1NC(=O)c1ccco1. The smallest absolute Gasteiger partial charge is 0.291 e. The summed E-state index contributed by atoms with van der Waals surface area (Å²) in [7, 11) is 0. The van der Waals surface area contributed by atoms with Gasteiger partial charge in [0.1, 0.15) is 0 Å². The van der Waals surface area contributed by atoms with Crippen molar-refractivity contribution >= 4 is 17.5 Å². The molecule has 142 valence electrons. The maximum atomic E-state index is 13.1. The fraction of sp³-hybridized carbons (Fsp3) is 0.217. The van der Waals surface area contributed by atoms with E-state index in [1.54, 1.807) is 18.2 Å². The van der Waals surface area contributed by atoms with Crippen LogP contribution in [0.15, 0.2) is 71.3 Å². The van der Waals surface area contributed by atoms with Crippen molar-refractivity contribution in [3.05, 3.63) is 89.4 Å². The van der Waals surface area contributed by atoms with Gasteiger partial charge in [-0.15, -0.1) is 0 Å². The van der Waals surface area contributed by atoms with Crippen LogP contribution in [-0.4, -0.2) is 23.3 Å². The summed E-state index contributed by atoms with van der Waals surface area (Å²) in [5.74, 6) is 0.282. The summed E-state index contributed by atoms with van der Waals surface area (Å²) < 4.78 is 5.14. The van der Waals surface area contributed by atoms with E-state index >= 15 is 0 Å². The maximum Gasteiger partial charge on any atom is 0.291 e. The average molecular weight is 374 g/mol. The number of nitrogens with zero attached hydrogens (tertiary/aromatic N) is 1. The van der Waals surface area contributed by atoms with Gasteiger partial charge in [-0.25, -0.2) is 0 Å². The van der Waals surface area contributed by atoms with Gasteiger partial charge in [-0.2, -0.15) is 0 Å². The number of amides is 2. The number of aryl methyl sites for hydroxylation is 1. The Morgan fingerprint density at radius 3 is 2.54 bits per heavy atom. The van der Waals surface area contributed by atoms with E-state index in [9.17, 15) is 9.59 Å². The van der Waals surface area contributed by atoms with Gasteiger partial charge in [0.05, 0.1) is 12.3 Å². The van der Waals surface area contributed by atoms with Crippen molar-refractivity contribution < 1.29 is 14.0 Å². The van der Waals surface area contributed by atoms with Crippen LogP contribution in [0.5, 0.6) is 0 Å². The third-order valence-electron chi connectivity index (χ3n) is 5.24. The van der Waals surface area contributed by atoms with Crippen LogP contribution >= 0.6 is 0 Å². The number of hydrogen-bond acceptors (Lipinski definition) is 3. The molecule has 0 bridgehead atoms. The van der Waals surface area contributed by atoms with E-state index in [-0.39, 0.29) is 23.6 Å². The van der Waals surface area contributed by atoms with Gasteiger partial charge in [0.2, 0.25) is 0 Å². The molecule has 0 saturated carbocycles. The lowest BCUT2D eigenvalue weighted by Crippen LogP contribution is -2.51. The third-order valence-corrected chi connectivity index (χ3v) is 5.24. The van der Waals surface area contributed by atoms with E-state index in [4.69, 9.17) is 4.42 Å². The summed E-state index contributed by atoms with van der Waals surface area (Å²) >= 11 is 0. The fourth-order valence-electron chi connectivity index (χ4n) is 3.71. The van der Waals surface area contributed by atoms with Gasteiger partial charge in [0, 0.05) is 17.8 Å². The molecule has 1 N–H and O–H groups in total. The highest BCUT2D eigenvalue weighted by atomic mass is 16.3. The van der Waals surface area contributed by atoms with E-state index in [1.165, 1.54) is 6.26 Å². The lowest BCUT2D eigenvalue weighted by molar-refractivity contribution is 0.0198. The first kappa shape index (κ1) is 18.0. The molecular weight excluding hydrogens is 352 g/mol. The molecule has 0 unspecified atom stereocenters. The first-order chi connectivity index (χ1) is 13.5. The number of furan rings is 1. The van der Waals surface area contributed by atoms with Crippen LogP contribution in [0.2, 0.25) is 0 Å². The molecule has 0 radical (unpaired) electrons. The third kappa shape index (κ3) is 3.31. The summed E-state index contributed by atoms with van der Waals surface area (Å²) in [4.78, 5) is 27.3. The van der Waals surface area contributed by atoms with E-state index in [1.807, 2.05) is 42.2 Å². The Morgan fingerprint density at radius 1 is 1.07 bits per heavy atom. The van der Waals surface area contributed by atoms with Crippen LogP contribution in [0.4, 0.5) is 5.69 Å². The number of rotatable bonds is 4. The highest BCUT2D eigenvalue weighted by Gasteiger charge is 2.40. The largest absolute Gasteiger partial charge is 0.459 e. The van der Waals surface area contributed by atoms with Crippen LogP contribution < -0.4 is 5.32 Å². The summed E-state index contributed by atoms with van der Waals surface area (Å²) in [6.45, 7) is 4.77. The minimum atomic E-state index is -0.336. The quantitative estimate of drug-likeness (QED) is 0.722. The Hall–Kier alpha value is -3.34. The van der Waals surface area contributed by atoms with Gasteiger partial charge in [-0.05, 0) is 48.2 Å². The summed E-state index contributed by atoms with van der Waals surface area (Å²) in [6.07, 6.45) is 1.45. The molecule has 1 saturated heterocycles. The van der Waals surface area contributed by atoms with Crippen molar-refractivity contribution in [3.8, 4) is 0 Å². The van der Waals surface area contributed by atoms with E-state index in [0.29, 0.717) is 17.2 Å². The average Bonchev–Trinajstić information content (AvgIpc) is 3.23. The molecule has 28 heavy (non-hydrogen) atoms. The second kappa shape index (κ2) is 7.35. The number of carbonyl (C=O) groups is 2. The van der Waals surface area contributed by atoms with Crippen LogP contribution in [0.25, 0.3) is 0 Å². The monoisotopic (exact) mass is 374 g/mol. The van der Waals surface area contributed by atoms with Crippen LogP contribution in [0.3, 0.4) is 0 Å². The molecular formula is C23H22N2O3. The Labute approximate surface area is 164 Å². The Morgan fingerprint density at radius 2 is 1.86 bits per heavy atom. The molecule has 1 aliphatic rings. The molecule has 1 aliphatic heterocycles. The standard InChI is InChI=1S/C23H22N2O3/c1-15-10-11-18(13-19(15)24-22(26)20-9-6-12-28-20)23(27)25-14-16(2)21(25)17-7-4-3-5-8-17/h3-13,16,21H,14H2,1-2H3,(H,24,26)/t16-,21+/m1/s1.